The lowest BCUT2D eigenvalue weighted by molar-refractivity contribution is 0.456. The fraction of sp³-hybridized carbons (Fsp3) is 0.286. The summed E-state index contributed by atoms with van der Waals surface area (Å²) in [5.74, 6) is 2.32. The first-order valence-electron chi connectivity index (χ1n) is 6.16. The molecule has 1 aromatic carbocycles. The van der Waals surface area contributed by atoms with Crippen LogP contribution in [0.25, 0.3) is 0 Å². The van der Waals surface area contributed by atoms with Gasteiger partial charge in [0.05, 0.1) is 4.47 Å². The number of aryl methyl sites for hydroxylation is 2. The molecule has 0 radical (unpaired) electrons. The second kappa shape index (κ2) is 6.02. The third-order valence-corrected chi connectivity index (χ3v) is 3.16. The predicted molar refractivity (Wildman–Crippen MR) is 79.4 cm³/mol. The highest BCUT2D eigenvalue weighted by Crippen LogP contribution is 2.30. The molecule has 1 aromatic heterocycles. The molecule has 0 unspecified atom stereocenters. The minimum absolute atomic E-state index is 0.427. The Morgan fingerprint density at radius 2 is 2.05 bits per heavy atom. The Balaban J connectivity index is 2.27. The molecule has 0 spiro atoms. The van der Waals surface area contributed by atoms with Crippen molar-refractivity contribution < 1.29 is 4.74 Å². The number of hydrogen-bond donors (Lipinski definition) is 1. The maximum absolute atomic E-state index is 5.76. The highest BCUT2D eigenvalue weighted by atomic mass is 79.9. The fourth-order valence-corrected chi connectivity index (χ4v) is 2.26. The third kappa shape index (κ3) is 3.67. The number of aromatic nitrogens is 2. The molecule has 0 atom stereocenters. The molecule has 0 saturated heterocycles. The molecule has 1 heterocycles. The average Bonchev–Trinajstić information content (AvgIpc) is 2.32. The molecule has 0 saturated carbocycles. The zero-order valence-corrected chi connectivity index (χ0v) is 12.6. The smallest absolute Gasteiger partial charge is 0.224 e. The number of halogens is 1. The van der Waals surface area contributed by atoms with Gasteiger partial charge in [0.2, 0.25) is 5.88 Å². The van der Waals surface area contributed by atoms with Gasteiger partial charge in [0.15, 0.2) is 0 Å². The van der Waals surface area contributed by atoms with Crippen LogP contribution in [0.3, 0.4) is 0 Å². The molecule has 0 amide bonds. The summed E-state index contributed by atoms with van der Waals surface area (Å²) in [7, 11) is 0. The van der Waals surface area contributed by atoms with Gasteiger partial charge in [-0.15, -0.1) is 0 Å². The number of ether oxygens (including phenoxy) is 1. The quantitative estimate of drug-likeness (QED) is 0.928. The Labute approximate surface area is 121 Å². The summed E-state index contributed by atoms with van der Waals surface area (Å²) in [5.41, 5.74) is 6.92. The third-order valence-electron chi connectivity index (χ3n) is 2.54. The van der Waals surface area contributed by atoms with E-state index in [1.54, 1.807) is 6.07 Å². The summed E-state index contributed by atoms with van der Waals surface area (Å²) in [6.07, 6.45) is 1.76. The van der Waals surface area contributed by atoms with E-state index in [4.69, 9.17) is 10.5 Å². The zero-order chi connectivity index (χ0) is 13.8. The molecule has 0 fully saturated rings. The monoisotopic (exact) mass is 321 g/mol. The summed E-state index contributed by atoms with van der Waals surface area (Å²) < 4.78 is 6.64. The van der Waals surface area contributed by atoms with Crippen molar-refractivity contribution in [3.8, 4) is 11.6 Å². The molecule has 0 aliphatic rings. The van der Waals surface area contributed by atoms with Crippen molar-refractivity contribution in [2.45, 2.75) is 26.7 Å². The van der Waals surface area contributed by atoms with Gasteiger partial charge in [0, 0.05) is 12.5 Å². The minimum atomic E-state index is 0.427. The molecule has 0 aliphatic carbocycles. The van der Waals surface area contributed by atoms with Gasteiger partial charge in [-0.1, -0.05) is 13.0 Å². The summed E-state index contributed by atoms with van der Waals surface area (Å²) in [6, 6.07) is 7.51. The van der Waals surface area contributed by atoms with E-state index in [0.717, 1.165) is 22.9 Å². The van der Waals surface area contributed by atoms with Gasteiger partial charge in [-0.2, -0.15) is 4.98 Å². The maximum Gasteiger partial charge on any atom is 0.224 e. The first-order valence-corrected chi connectivity index (χ1v) is 6.95. The molecule has 2 N–H and O–H groups in total. The number of benzene rings is 1. The van der Waals surface area contributed by atoms with Crippen molar-refractivity contribution in [3.05, 3.63) is 40.1 Å². The number of nitrogen functional groups attached to an aromatic ring is 1. The Morgan fingerprint density at radius 3 is 2.74 bits per heavy atom. The summed E-state index contributed by atoms with van der Waals surface area (Å²) in [6.45, 7) is 4.10. The molecule has 0 bridgehead atoms. The van der Waals surface area contributed by atoms with E-state index in [0.29, 0.717) is 23.3 Å². The molecule has 19 heavy (non-hydrogen) atoms. The van der Waals surface area contributed by atoms with E-state index >= 15 is 0 Å². The van der Waals surface area contributed by atoms with E-state index < -0.39 is 0 Å². The Hall–Kier alpha value is -1.62. The number of rotatable bonds is 4. The topological polar surface area (TPSA) is 61.0 Å². The first kappa shape index (κ1) is 13.8. The van der Waals surface area contributed by atoms with Gasteiger partial charge in [-0.25, -0.2) is 4.98 Å². The largest absolute Gasteiger partial charge is 0.438 e. The SMILES string of the molecule is CCCc1nc(N)cc(Oc2ccc(C)cc2Br)n1. The van der Waals surface area contributed by atoms with Gasteiger partial charge < -0.3 is 10.5 Å². The van der Waals surface area contributed by atoms with Crippen LogP contribution in [0.1, 0.15) is 24.7 Å². The van der Waals surface area contributed by atoms with Crippen molar-refractivity contribution >= 4 is 21.7 Å². The van der Waals surface area contributed by atoms with Crippen molar-refractivity contribution in [3.63, 3.8) is 0 Å². The van der Waals surface area contributed by atoms with Gasteiger partial charge in [-0.3, -0.25) is 0 Å². The van der Waals surface area contributed by atoms with E-state index in [2.05, 4.69) is 32.8 Å². The van der Waals surface area contributed by atoms with Crippen molar-refractivity contribution in [2.24, 2.45) is 0 Å². The van der Waals surface area contributed by atoms with Crippen LogP contribution in [0.4, 0.5) is 5.82 Å². The standard InChI is InChI=1S/C14H16BrN3O/c1-3-4-13-17-12(16)8-14(18-13)19-11-6-5-9(2)7-10(11)15/h5-8H,3-4H2,1-2H3,(H2,16,17,18). The van der Waals surface area contributed by atoms with Crippen molar-refractivity contribution in [1.82, 2.24) is 9.97 Å². The van der Waals surface area contributed by atoms with E-state index in [1.165, 1.54) is 0 Å². The van der Waals surface area contributed by atoms with E-state index in [-0.39, 0.29) is 0 Å². The molecular weight excluding hydrogens is 306 g/mol. The van der Waals surface area contributed by atoms with Gasteiger partial charge >= 0.3 is 0 Å². The highest BCUT2D eigenvalue weighted by molar-refractivity contribution is 9.10. The number of hydrogen-bond acceptors (Lipinski definition) is 4. The van der Waals surface area contributed by atoms with Gasteiger partial charge in [-0.05, 0) is 47.0 Å². The van der Waals surface area contributed by atoms with Gasteiger partial charge in [0.1, 0.15) is 17.4 Å². The minimum Gasteiger partial charge on any atom is -0.438 e. The van der Waals surface area contributed by atoms with Crippen LogP contribution in [0, 0.1) is 6.92 Å². The Morgan fingerprint density at radius 1 is 1.26 bits per heavy atom. The van der Waals surface area contributed by atoms with Crippen molar-refractivity contribution in [1.29, 1.82) is 0 Å². The molecular formula is C14H16BrN3O. The van der Waals surface area contributed by atoms with Crippen LogP contribution >= 0.6 is 15.9 Å². The molecule has 5 heteroatoms. The molecule has 100 valence electrons. The summed E-state index contributed by atoms with van der Waals surface area (Å²) >= 11 is 3.47. The van der Waals surface area contributed by atoms with Crippen molar-refractivity contribution in [2.75, 3.05) is 5.73 Å². The van der Waals surface area contributed by atoms with E-state index in [9.17, 15) is 0 Å². The number of nitrogens with two attached hydrogens (primary N) is 1. The van der Waals surface area contributed by atoms with Crippen LogP contribution in [-0.4, -0.2) is 9.97 Å². The number of nitrogens with zero attached hydrogens (tertiary/aromatic N) is 2. The molecule has 4 nitrogen and oxygen atoms in total. The lowest BCUT2D eigenvalue weighted by Gasteiger charge is -2.09. The number of anilines is 1. The second-order valence-electron chi connectivity index (χ2n) is 4.33. The lowest BCUT2D eigenvalue weighted by Crippen LogP contribution is -2.01. The predicted octanol–water partition coefficient (Wildman–Crippen LogP) is 3.87. The van der Waals surface area contributed by atoms with E-state index in [1.807, 2.05) is 25.1 Å². The average molecular weight is 322 g/mol. The van der Waals surface area contributed by atoms with Crippen LogP contribution in [-0.2, 0) is 6.42 Å². The highest BCUT2D eigenvalue weighted by Gasteiger charge is 2.07. The normalized spacial score (nSPS) is 10.5. The van der Waals surface area contributed by atoms with Crippen LogP contribution < -0.4 is 10.5 Å². The summed E-state index contributed by atoms with van der Waals surface area (Å²) in [4.78, 5) is 8.52. The van der Waals surface area contributed by atoms with Crippen LogP contribution in [0.15, 0.2) is 28.7 Å². The molecule has 2 aromatic rings. The summed E-state index contributed by atoms with van der Waals surface area (Å²) in [5, 5.41) is 0. The maximum atomic E-state index is 5.76. The zero-order valence-electron chi connectivity index (χ0n) is 11.0. The lowest BCUT2D eigenvalue weighted by atomic mass is 10.2. The Bertz CT molecular complexity index is 587. The van der Waals surface area contributed by atoms with Crippen LogP contribution in [0.5, 0.6) is 11.6 Å². The first-order chi connectivity index (χ1) is 9.08. The fourth-order valence-electron chi connectivity index (χ4n) is 1.68. The second-order valence-corrected chi connectivity index (χ2v) is 5.19. The van der Waals surface area contributed by atoms with Gasteiger partial charge in [0.25, 0.3) is 0 Å². The van der Waals surface area contributed by atoms with Crippen LogP contribution in [0.2, 0.25) is 0 Å². The molecule has 2 rings (SSSR count). The molecule has 0 aliphatic heterocycles. The Kier molecular flexibility index (Phi) is 4.37.